The number of benzene rings is 1. The summed E-state index contributed by atoms with van der Waals surface area (Å²) in [7, 11) is 0. The van der Waals surface area contributed by atoms with Crippen molar-refractivity contribution in [3.05, 3.63) is 35.9 Å². The van der Waals surface area contributed by atoms with Crippen LogP contribution in [-0.4, -0.2) is 23.8 Å². The monoisotopic (exact) mass is 302 g/mol. The van der Waals surface area contributed by atoms with Gasteiger partial charge in [-0.25, -0.2) is 4.79 Å². The molecule has 0 aliphatic heterocycles. The molecule has 2 aliphatic carbocycles. The van der Waals surface area contributed by atoms with Crippen LogP contribution in [0.4, 0.5) is 4.79 Å². The Morgan fingerprint density at radius 3 is 2.55 bits per heavy atom. The Bertz CT molecular complexity index is 487. The summed E-state index contributed by atoms with van der Waals surface area (Å²) in [5.41, 5.74) is 1.18. The van der Waals surface area contributed by atoms with Gasteiger partial charge in [0, 0.05) is 18.6 Å². The molecule has 0 spiro atoms. The van der Waals surface area contributed by atoms with E-state index in [1.54, 1.807) is 0 Å². The highest BCUT2D eigenvalue weighted by atomic mass is 16.3. The number of aliphatic hydroxyl groups excluding tert-OH is 1. The highest BCUT2D eigenvalue weighted by Gasteiger charge is 2.34. The van der Waals surface area contributed by atoms with Gasteiger partial charge in [0.05, 0.1) is 6.04 Å². The molecule has 0 saturated heterocycles. The van der Waals surface area contributed by atoms with Crippen molar-refractivity contribution in [3.8, 4) is 0 Å². The lowest BCUT2D eigenvalue weighted by atomic mass is 9.85. The van der Waals surface area contributed by atoms with E-state index >= 15 is 0 Å². The molecule has 120 valence electrons. The predicted octanol–water partition coefficient (Wildman–Crippen LogP) is 2.99. The summed E-state index contributed by atoms with van der Waals surface area (Å²) in [6.45, 7) is 0.162. The molecular formula is C18H26N2O2. The Balaban J connectivity index is 1.59. The zero-order chi connectivity index (χ0) is 15.4. The van der Waals surface area contributed by atoms with Gasteiger partial charge in [-0.3, -0.25) is 0 Å². The van der Waals surface area contributed by atoms with E-state index in [4.69, 9.17) is 0 Å². The molecule has 3 rings (SSSR count). The number of carbonyl (C=O) groups excluding carboxylic acids is 1. The number of rotatable bonds is 5. The summed E-state index contributed by atoms with van der Waals surface area (Å²) >= 11 is 0. The zero-order valence-electron chi connectivity index (χ0n) is 13.0. The van der Waals surface area contributed by atoms with E-state index in [1.807, 2.05) is 18.2 Å². The maximum absolute atomic E-state index is 12.4. The molecule has 2 fully saturated rings. The first-order chi connectivity index (χ1) is 10.8. The second-order valence-electron chi connectivity index (χ2n) is 6.68. The molecular weight excluding hydrogens is 276 g/mol. The average Bonchev–Trinajstić information content (AvgIpc) is 3.39. The smallest absolute Gasteiger partial charge is 0.315 e. The van der Waals surface area contributed by atoms with E-state index in [0.29, 0.717) is 5.92 Å². The summed E-state index contributed by atoms with van der Waals surface area (Å²) in [6, 6.07) is 10.3. The average molecular weight is 302 g/mol. The van der Waals surface area contributed by atoms with Crippen molar-refractivity contribution < 1.29 is 9.90 Å². The van der Waals surface area contributed by atoms with Crippen LogP contribution in [0.3, 0.4) is 0 Å². The highest BCUT2D eigenvalue weighted by Crippen LogP contribution is 2.40. The fourth-order valence-corrected chi connectivity index (χ4v) is 3.53. The van der Waals surface area contributed by atoms with E-state index in [9.17, 15) is 9.90 Å². The van der Waals surface area contributed by atoms with Crippen LogP contribution >= 0.6 is 0 Å². The third-order valence-electron chi connectivity index (χ3n) is 5.00. The third-order valence-corrected chi connectivity index (χ3v) is 5.00. The van der Waals surface area contributed by atoms with Crippen LogP contribution in [-0.2, 0) is 0 Å². The molecule has 4 nitrogen and oxygen atoms in total. The fraction of sp³-hybridized carbons (Fsp3) is 0.611. The minimum Gasteiger partial charge on any atom is -0.396 e. The van der Waals surface area contributed by atoms with Crippen LogP contribution in [0.15, 0.2) is 30.3 Å². The molecule has 0 bridgehead atoms. The van der Waals surface area contributed by atoms with Crippen LogP contribution in [0.5, 0.6) is 0 Å². The van der Waals surface area contributed by atoms with Crippen LogP contribution in [0, 0.1) is 11.8 Å². The molecule has 1 aromatic carbocycles. The van der Waals surface area contributed by atoms with Gasteiger partial charge in [0.25, 0.3) is 0 Å². The molecule has 0 heterocycles. The zero-order valence-corrected chi connectivity index (χ0v) is 13.0. The molecule has 3 atom stereocenters. The normalized spacial score (nSPS) is 26.2. The number of urea groups is 1. The minimum atomic E-state index is -0.0916. The molecule has 2 saturated carbocycles. The molecule has 1 aromatic rings. The lowest BCUT2D eigenvalue weighted by Crippen LogP contribution is -2.48. The van der Waals surface area contributed by atoms with Crippen molar-refractivity contribution in [2.24, 2.45) is 11.8 Å². The van der Waals surface area contributed by atoms with E-state index in [1.165, 1.54) is 18.4 Å². The number of amides is 2. The summed E-state index contributed by atoms with van der Waals surface area (Å²) in [6.07, 6.45) is 6.63. The summed E-state index contributed by atoms with van der Waals surface area (Å²) < 4.78 is 0. The van der Waals surface area contributed by atoms with E-state index < -0.39 is 0 Å². The molecule has 3 N–H and O–H groups in total. The molecule has 4 heteroatoms. The molecule has 2 aliphatic rings. The van der Waals surface area contributed by atoms with Crippen molar-refractivity contribution in [1.82, 2.24) is 10.6 Å². The highest BCUT2D eigenvalue weighted by molar-refractivity contribution is 5.75. The number of nitrogens with one attached hydrogen (secondary N) is 2. The van der Waals surface area contributed by atoms with E-state index in [0.717, 1.165) is 25.7 Å². The first kappa shape index (κ1) is 15.3. The van der Waals surface area contributed by atoms with Crippen molar-refractivity contribution in [3.63, 3.8) is 0 Å². The van der Waals surface area contributed by atoms with Crippen LogP contribution < -0.4 is 10.6 Å². The van der Waals surface area contributed by atoms with Gasteiger partial charge in [0.1, 0.15) is 0 Å². The van der Waals surface area contributed by atoms with Crippen molar-refractivity contribution in [2.75, 3.05) is 6.61 Å². The van der Waals surface area contributed by atoms with Gasteiger partial charge in [-0.15, -0.1) is 0 Å². The summed E-state index contributed by atoms with van der Waals surface area (Å²) in [4.78, 5) is 12.4. The number of hydrogen-bond donors (Lipinski definition) is 3. The van der Waals surface area contributed by atoms with Gasteiger partial charge in [0.2, 0.25) is 0 Å². The van der Waals surface area contributed by atoms with Crippen molar-refractivity contribution >= 4 is 6.03 Å². The minimum absolute atomic E-state index is 0.0916. The third kappa shape index (κ3) is 3.80. The molecule has 2 amide bonds. The van der Waals surface area contributed by atoms with Crippen LogP contribution in [0.25, 0.3) is 0 Å². The fourth-order valence-electron chi connectivity index (χ4n) is 3.53. The number of aliphatic hydroxyl groups is 1. The van der Waals surface area contributed by atoms with Crippen molar-refractivity contribution in [1.29, 1.82) is 0 Å². The second kappa shape index (κ2) is 7.14. The Morgan fingerprint density at radius 1 is 1.14 bits per heavy atom. The van der Waals surface area contributed by atoms with Crippen molar-refractivity contribution in [2.45, 2.75) is 50.6 Å². The standard InChI is InChI=1S/C18H26N2O2/c21-12-15-8-4-5-9-16(15)19-18(22)20-17(14-10-11-14)13-6-2-1-3-7-13/h1-3,6-7,14-17,21H,4-5,8-12H2,(H2,19,20,22). The Labute approximate surface area is 132 Å². The van der Waals surface area contributed by atoms with Gasteiger partial charge in [-0.1, -0.05) is 43.2 Å². The maximum atomic E-state index is 12.4. The number of hydrogen-bond acceptors (Lipinski definition) is 2. The van der Waals surface area contributed by atoms with Crippen LogP contribution in [0.2, 0.25) is 0 Å². The molecule has 0 radical (unpaired) electrons. The lowest BCUT2D eigenvalue weighted by Gasteiger charge is -2.31. The summed E-state index contributed by atoms with van der Waals surface area (Å²) in [5.74, 6) is 0.767. The number of carbonyl (C=O) groups is 1. The van der Waals surface area contributed by atoms with Gasteiger partial charge >= 0.3 is 6.03 Å². The van der Waals surface area contributed by atoms with Gasteiger partial charge in [-0.05, 0) is 37.2 Å². The van der Waals surface area contributed by atoms with Gasteiger partial charge in [0.15, 0.2) is 0 Å². The maximum Gasteiger partial charge on any atom is 0.315 e. The first-order valence-corrected chi connectivity index (χ1v) is 8.50. The Kier molecular flexibility index (Phi) is 4.98. The SMILES string of the molecule is O=C(NC1CCCCC1CO)NC(c1ccccc1)C1CC1. The van der Waals surface area contributed by atoms with E-state index in [2.05, 4.69) is 22.8 Å². The van der Waals surface area contributed by atoms with Gasteiger partial charge < -0.3 is 15.7 Å². The molecule has 3 unspecified atom stereocenters. The molecule has 22 heavy (non-hydrogen) atoms. The Morgan fingerprint density at radius 2 is 1.86 bits per heavy atom. The largest absolute Gasteiger partial charge is 0.396 e. The lowest BCUT2D eigenvalue weighted by molar-refractivity contribution is 0.153. The topological polar surface area (TPSA) is 61.4 Å². The first-order valence-electron chi connectivity index (χ1n) is 8.50. The second-order valence-corrected chi connectivity index (χ2v) is 6.68. The van der Waals surface area contributed by atoms with E-state index in [-0.39, 0.29) is 30.6 Å². The summed E-state index contributed by atoms with van der Waals surface area (Å²) in [5, 5.41) is 15.7. The van der Waals surface area contributed by atoms with Gasteiger partial charge in [-0.2, -0.15) is 0 Å². The predicted molar refractivity (Wildman–Crippen MR) is 86.4 cm³/mol. The Hall–Kier alpha value is -1.55. The van der Waals surface area contributed by atoms with Crippen LogP contribution in [0.1, 0.15) is 50.1 Å². The molecule has 0 aromatic heterocycles. The quantitative estimate of drug-likeness (QED) is 0.783.